The number of ether oxygens (including phenoxy) is 1. The van der Waals surface area contributed by atoms with E-state index in [0.717, 1.165) is 0 Å². The smallest absolute Gasteiger partial charge is 0.341 e. The molecule has 1 amide bonds. The summed E-state index contributed by atoms with van der Waals surface area (Å²) in [5.74, 6) is -2.12. The molecule has 2 aromatic rings. The zero-order valence-electron chi connectivity index (χ0n) is 19.4. The van der Waals surface area contributed by atoms with Crippen molar-refractivity contribution in [2.45, 2.75) is 52.0 Å². The molecular formula is C23H30FN3O5S. The molecule has 0 spiro atoms. The Bertz CT molecular complexity index is 1160. The van der Waals surface area contributed by atoms with Crippen LogP contribution in [0.25, 0.3) is 0 Å². The number of nitrogens with one attached hydrogen (secondary N) is 1. The summed E-state index contributed by atoms with van der Waals surface area (Å²) in [6, 6.07) is 5.55. The van der Waals surface area contributed by atoms with Gasteiger partial charge in [0.05, 0.1) is 12.5 Å². The SMILES string of the molecule is CCOC(=O)c1c(S(=O)(=O)N2CCC[C@H](C(=O)Nc3cccc(F)c3)C2)c(C)n(CC)c1C. The third kappa shape index (κ3) is 4.96. The van der Waals surface area contributed by atoms with Gasteiger partial charge in [-0.1, -0.05) is 6.07 Å². The number of nitrogens with zero attached hydrogens (tertiary/aromatic N) is 2. The second kappa shape index (κ2) is 10.0. The van der Waals surface area contributed by atoms with Crippen molar-refractivity contribution >= 4 is 27.6 Å². The zero-order chi connectivity index (χ0) is 24.3. The maximum Gasteiger partial charge on any atom is 0.341 e. The van der Waals surface area contributed by atoms with E-state index in [4.69, 9.17) is 4.74 Å². The first-order valence-corrected chi connectivity index (χ1v) is 12.5. The second-order valence-corrected chi connectivity index (χ2v) is 9.92. The van der Waals surface area contributed by atoms with E-state index in [2.05, 4.69) is 5.32 Å². The van der Waals surface area contributed by atoms with Gasteiger partial charge in [0.15, 0.2) is 0 Å². The number of anilines is 1. The van der Waals surface area contributed by atoms with Crippen LogP contribution in [0.5, 0.6) is 0 Å². The third-order valence-electron chi connectivity index (χ3n) is 5.97. The molecule has 2 heterocycles. The highest BCUT2D eigenvalue weighted by Crippen LogP contribution is 2.33. The van der Waals surface area contributed by atoms with Gasteiger partial charge in [-0.15, -0.1) is 0 Å². The average molecular weight is 480 g/mol. The van der Waals surface area contributed by atoms with Gasteiger partial charge in [0.25, 0.3) is 0 Å². The van der Waals surface area contributed by atoms with Crippen LogP contribution in [0.1, 0.15) is 48.4 Å². The fourth-order valence-electron chi connectivity index (χ4n) is 4.40. The molecule has 180 valence electrons. The molecule has 0 aliphatic carbocycles. The standard InChI is InChI=1S/C23H30FN3O5S/c1-5-27-15(3)20(23(29)32-6-2)21(16(27)4)33(30,31)26-12-8-9-17(14-26)22(28)25-19-11-7-10-18(24)13-19/h7,10-11,13,17H,5-6,8-9,12,14H2,1-4H3,(H,25,28)/t17-/m0/s1. The van der Waals surface area contributed by atoms with E-state index < -0.39 is 27.7 Å². The van der Waals surface area contributed by atoms with Gasteiger partial charge >= 0.3 is 5.97 Å². The number of rotatable bonds is 7. The zero-order valence-corrected chi connectivity index (χ0v) is 20.2. The summed E-state index contributed by atoms with van der Waals surface area (Å²) >= 11 is 0. The van der Waals surface area contributed by atoms with E-state index in [1.54, 1.807) is 31.4 Å². The van der Waals surface area contributed by atoms with Crippen LogP contribution < -0.4 is 5.32 Å². The van der Waals surface area contributed by atoms with Crippen LogP contribution in [0.3, 0.4) is 0 Å². The summed E-state index contributed by atoms with van der Waals surface area (Å²) in [7, 11) is -4.07. The summed E-state index contributed by atoms with van der Waals surface area (Å²) in [4.78, 5) is 25.4. The van der Waals surface area contributed by atoms with Crippen molar-refractivity contribution in [2.24, 2.45) is 5.92 Å². The Morgan fingerprint density at radius 1 is 1.21 bits per heavy atom. The highest BCUT2D eigenvalue weighted by Gasteiger charge is 2.39. The fourth-order valence-corrected chi connectivity index (χ4v) is 6.38. The normalized spacial score (nSPS) is 17.1. The molecule has 1 aromatic carbocycles. The van der Waals surface area contributed by atoms with E-state index in [1.165, 1.54) is 22.5 Å². The molecule has 1 aliphatic heterocycles. The van der Waals surface area contributed by atoms with Crippen LogP contribution in [0.4, 0.5) is 10.1 Å². The Morgan fingerprint density at radius 3 is 2.58 bits per heavy atom. The second-order valence-electron chi connectivity index (χ2n) is 8.04. The van der Waals surface area contributed by atoms with Crippen LogP contribution in [0, 0.1) is 25.6 Å². The number of halogens is 1. The number of carbonyl (C=O) groups is 2. The lowest BCUT2D eigenvalue weighted by atomic mass is 9.99. The Morgan fingerprint density at radius 2 is 1.94 bits per heavy atom. The van der Waals surface area contributed by atoms with E-state index in [0.29, 0.717) is 36.5 Å². The predicted octanol–water partition coefficient (Wildman–Crippen LogP) is 3.48. The first-order valence-electron chi connectivity index (χ1n) is 11.0. The largest absolute Gasteiger partial charge is 0.462 e. The number of piperidine rings is 1. The number of benzene rings is 1. The van der Waals surface area contributed by atoms with Gasteiger partial charge in [-0.05, 0) is 58.7 Å². The number of hydrogen-bond donors (Lipinski definition) is 1. The van der Waals surface area contributed by atoms with Crippen molar-refractivity contribution < 1.29 is 27.1 Å². The lowest BCUT2D eigenvalue weighted by molar-refractivity contribution is -0.120. The molecule has 1 N–H and O–H groups in total. The molecular weight excluding hydrogens is 449 g/mol. The molecule has 1 saturated heterocycles. The minimum Gasteiger partial charge on any atom is -0.462 e. The van der Waals surface area contributed by atoms with E-state index in [9.17, 15) is 22.4 Å². The molecule has 33 heavy (non-hydrogen) atoms. The highest BCUT2D eigenvalue weighted by atomic mass is 32.2. The summed E-state index contributed by atoms with van der Waals surface area (Å²) in [6.07, 6.45) is 0.994. The molecule has 1 fully saturated rings. The first kappa shape index (κ1) is 24.9. The van der Waals surface area contributed by atoms with Crippen LogP contribution in [0.2, 0.25) is 0 Å². The maximum absolute atomic E-state index is 13.7. The van der Waals surface area contributed by atoms with E-state index in [-0.39, 0.29) is 36.1 Å². The fraction of sp³-hybridized carbons (Fsp3) is 0.478. The van der Waals surface area contributed by atoms with Gasteiger partial charge in [-0.25, -0.2) is 17.6 Å². The van der Waals surface area contributed by atoms with Gasteiger partial charge in [-0.2, -0.15) is 4.31 Å². The number of amides is 1. The summed E-state index contributed by atoms with van der Waals surface area (Å²) in [6.45, 7) is 7.75. The number of carbonyl (C=O) groups excluding carboxylic acids is 2. The molecule has 3 rings (SSSR count). The number of hydrogen-bond acceptors (Lipinski definition) is 5. The molecule has 0 radical (unpaired) electrons. The van der Waals surface area contributed by atoms with Crippen LogP contribution >= 0.6 is 0 Å². The Balaban J connectivity index is 1.91. The van der Waals surface area contributed by atoms with Gasteiger partial charge < -0.3 is 14.6 Å². The van der Waals surface area contributed by atoms with Crippen molar-refractivity contribution in [1.82, 2.24) is 8.87 Å². The number of aromatic nitrogens is 1. The molecule has 8 nitrogen and oxygen atoms in total. The van der Waals surface area contributed by atoms with Crippen LogP contribution in [-0.4, -0.2) is 48.9 Å². The lowest BCUT2D eigenvalue weighted by Gasteiger charge is -2.31. The minimum atomic E-state index is -4.07. The highest BCUT2D eigenvalue weighted by molar-refractivity contribution is 7.89. The van der Waals surface area contributed by atoms with Gasteiger partial charge in [0.2, 0.25) is 15.9 Å². The molecule has 10 heteroatoms. The Kier molecular flexibility index (Phi) is 7.58. The van der Waals surface area contributed by atoms with Crippen LogP contribution in [-0.2, 0) is 26.1 Å². The van der Waals surface area contributed by atoms with Gasteiger partial charge in [-0.3, -0.25) is 4.79 Å². The van der Waals surface area contributed by atoms with Crippen molar-refractivity contribution in [3.63, 3.8) is 0 Å². The summed E-state index contributed by atoms with van der Waals surface area (Å²) in [5, 5.41) is 2.67. The Hall–Kier alpha value is -2.72. The van der Waals surface area contributed by atoms with Gasteiger partial charge in [0.1, 0.15) is 16.3 Å². The predicted molar refractivity (Wildman–Crippen MR) is 122 cm³/mol. The van der Waals surface area contributed by atoms with Crippen molar-refractivity contribution in [3.05, 3.63) is 47.0 Å². The molecule has 0 bridgehead atoms. The van der Waals surface area contributed by atoms with Crippen molar-refractivity contribution in [1.29, 1.82) is 0 Å². The molecule has 0 saturated carbocycles. The summed E-state index contributed by atoms with van der Waals surface area (Å²) in [5.41, 5.74) is 1.35. The van der Waals surface area contributed by atoms with Gasteiger partial charge in [0, 0.05) is 36.7 Å². The van der Waals surface area contributed by atoms with E-state index in [1.807, 2.05) is 6.92 Å². The summed E-state index contributed by atoms with van der Waals surface area (Å²) < 4.78 is 49.1. The first-order chi connectivity index (χ1) is 15.6. The van der Waals surface area contributed by atoms with Crippen LogP contribution in [0.15, 0.2) is 29.2 Å². The molecule has 1 atom stereocenters. The topological polar surface area (TPSA) is 97.7 Å². The quantitative estimate of drug-likeness (QED) is 0.613. The lowest BCUT2D eigenvalue weighted by Crippen LogP contribution is -2.44. The Labute approximate surface area is 193 Å². The van der Waals surface area contributed by atoms with E-state index >= 15 is 0 Å². The number of sulfonamides is 1. The molecule has 1 aromatic heterocycles. The third-order valence-corrected chi connectivity index (χ3v) is 7.99. The van der Waals surface area contributed by atoms with Crippen molar-refractivity contribution in [3.8, 4) is 0 Å². The monoisotopic (exact) mass is 479 g/mol. The average Bonchev–Trinajstić information content (AvgIpc) is 3.04. The van der Waals surface area contributed by atoms with Crippen molar-refractivity contribution in [2.75, 3.05) is 25.0 Å². The number of esters is 1. The molecule has 0 unspecified atom stereocenters. The minimum absolute atomic E-state index is 0.0262. The maximum atomic E-state index is 13.7. The molecule has 1 aliphatic rings.